The van der Waals surface area contributed by atoms with Crippen molar-refractivity contribution in [3.8, 4) is 0 Å². The van der Waals surface area contributed by atoms with Crippen LogP contribution in [0.15, 0.2) is 24.3 Å². The molecule has 0 heterocycles. The lowest BCUT2D eigenvalue weighted by molar-refractivity contribution is -0.117. The van der Waals surface area contributed by atoms with Crippen LogP contribution >= 0.6 is 0 Å². The van der Waals surface area contributed by atoms with Crippen molar-refractivity contribution in [3.05, 3.63) is 29.8 Å². The minimum absolute atomic E-state index is 0.0981. The summed E-state index contributed by atoms with van der Waals surface area (Å²) in [5.41, 5.74) is 6.87. The molecule has 0 aliphatic heterocycles. The molecule has 2 atom stereocenters. The lowest BCUT2D eigenvalue weighted by Crippen LogP contribution is -2.34. The second-order valence-corrected chi connectivity index (χ2v) is 5.24. The number of nitrogens with two attached hydrogens (primary N) is 1. The first-order chi connectivity index (χ1) is 9.97. The highest BCUT2D eigenvalue weighted by Gasteiger charge is 2.12. The molecule has 116 valence electrons. The van der Waals surface area contributed by atoms with Crippen LogP contribution in [0.3, 0.4) is 0 Å². The molecular weight excluding hydrogens is 266 g/mol. The van der Waals surface area contributed by atoms with Crippen LogP contribution in [0.25, 0.3) is 0 Å². The van der Waals surface area contributed by atoms with E-state index in [4.69, 9.17) is 5.73 Å². The molecule has 2 amide bonds. The van der Waals surface area contributed by atoms with Gasteiger partial charge >= 0.3 is 0 Å². The molecule has 0 aliphatic rings. The van der Waals surface area contributed by atoms with Crippen LogP contribution in [-0.4, -0.2) is 23.9 Å². The lowest BCUT2D eigenvalue weighted by atomic mass is 10.1. The molecule has 1 rings (SSSR count). The molecular formula is C16H25N3O2. The summed E-state index contributed by atoms with van der Waals surface area (Å²) in [6.07, 6.45) is 2.57. The Kier molecular flexibility index (Phi) is 6.88. The van der Waals surface area contributed by atoms with Gasteiger partial charge in [-0.3, -0.25) is 9.59 Å². The predicted molar refractivity (Wildman–Crippen MR) is 85.2 cm³/mol. The van der Waals surface area contributed by atoms with E-state index in [1.54, 1.807) is 24.3 Å². The third-order valence-corrected chi connectivity index (χ3v) is 3.29. The SMILES string of the molecule is CCCC(C)NC(=O)c1ccc(NC(=O)C(N)CC)cc1. The summed E-state index contributed by atoms with van der Waals surface area (Å²) in [6, 6.07) is 6.45. The van der Waals surface area contributed by atoms with E-state index in [1.807, 2.05) is 13.8 Å². The molecule has 0 fully saturated rings. The van der Waals surface area contributed by atoms with Crippen molar-refractivity contribution >= 4 is 17.5 Å². The summed E-state index contributed by atoms with van der Waals surface area (Å²) in [6.45, 7) is 5.93. The van der Waals surface area contributed by atoms with Crippen molar-refractivity contribution in [2.45, 2.75) is 52.1 Å². The van der Waals surface area contributed by atoms with Gasteiger partial charge in [0.2, 0.25) is 5.91 Å². The van der Waals surface area contributed by atoms with Crippen molar-refractivity contribution < 1.29 is 9.59 Å². The largest absolute Gasteiger partial charge is 0.350 e. The Morgan fingerprint density at radius 1 is 1.19 bits per heavy atom. The van der Waals surface area contributed by atoms with Gasteiger partial charge in [-0.25, -0.2) is 0 Å². The predicted octanol–water partition coefficient (Wildman–Crippen LogP) is 2.28. The molecule has 2 unspecified atom stereocenters. The minimum atomic E-state index is -0.511. The average molecular weight is 291 g/mol. The van der Waals surface area contributed by atoms with Crippen LogP contribution in [0.4, 0.5) is 5.69 Å². The Hall–Kier alpha value is -1.88. The van der Waals surface area contributed by atoms with Gasteiger partial charge in [0.1, 0.15) is 0 Å². The number of amides is 2. The zero-order valence-electron chi connectivity index (χ0n) is 13.0. The fourth-order valence-corrected chi connectivity index (χ4v) is 1.94. The third kappa shape index (κ3) is 5.55. The Morgan fingerprint density at radius 2 is 1.81 bits per heavy atom. The Balaban J connectivity index is 2.61. The summed E-state index contributed by atoms with van der Waals surface area (Å²) >= 11 is 0. The van der Waals surface area contributed by atoms with E-state index in [1.165, 1.54) is 0 Å². The standard InChI is InChI=1S/C16H25N3O2/c1-4-6-11(3)18-15(20)12-7-9-13(10-8-12)19-16(21)14(17)5-2/h7-11,14H,4-6,17H2,1-3H3,(H,18,20)(H,19,21). The van der Waals surface area contributed by atoms with Crippen LogP contribution in [0.5, 0.6) is 0 Å². The number of hydrogen-bond donors (Lipinski definition) is 3. The highest BCUT2D eigenvalue weighted by molar-refractivity contribution is 5.97. The maximum absolute atomic E-state index is 12.0. The fourth-order valence-electron chi connectivity index (χ4n) is 1.94. The molecule has 0 radical (unpaired) electrons. The first kappa shape index (κ1) is 17.2. The van der Waals surface area contributed by atoms with Crippen LogP contribution in [0.1, 0.15) is 50.4 Å². The minimum Gasteiger partial charge on any atom is -0.350 e. The number of carbonyl (C=O) groups is 2. The van der Waals surface area contributed by atoms with Gasteiger partial charge in [0, 0.05) is 17.3 Å². The van der Waals surface area contributed by atoms with Crippen molar-refractivity contribution in [1.82, 2.24) is 5.32 Å². The van der Waals surface area contributed by atoms with Gasteiger partial charge in [-0.2, -0.15) is 0 Å². The maximum atomic E-state index is 12.0. The van der Waals surface area contributed by atoms with E-state index in [-0.39, 0.29) is 17.9 Å². The zero-order chi connectivity index (χ0) is 15.8. The van der Waals surface area contributed by atoms with E-state index >= 15 is 0 Å². The number of rotatable bonds is 7. The summed E-state index contributed by atoms with van der Waals surface area (Å²) in [4.78, 5) is 23.7. The van der Waals surface area contributed by atoms with Gasteiger partial charge < -0.3 is 16.4 Å². The molecule has 0 saturated heterocycles. The number of hydrogen-bond acceptors (Lipinski definition) is 3. The molecule has 0 saturated carbocycles. The normalized spacial score (nSPS) is 13.3. The zero-order valence-corrected chi connectivity index (χ0v) is 13.0. The first-order valence-corrected chi connectivity index (χ1v) is 7.45. The molecule has 5 nitrogen and oxygen atoms in total. The van der Waals surface area contributed by atoms with Crippen LogP contribution in [-0.2, 0) is 4.79 Å². The van der Waals surface area contributed by atoms with Crippen LogP contribution in [0.2, 0.25) is 0 Å². The summed E-state index contributed by atoms with van der Waals surface area (Å²) in [5.74, 6) is -0.314. The van der Waals surface area contributed by atoms with Crippen molar-refractivity contribution in [3.63, 3.8) is 0 Å². The molecule has 21 heavy (non-hydrogen) atoms. The van der Waals surface area contributed by atoms with Gasteiger partial charge in [0.25, 0.3) is 5.91 Å². The molecule has 5 heteroatoms. The highest BCUT2D eigenvalue weighted by Crippen LogP contribution is 2.10. The van der Waals surface area contributed by atoms with Gasteiger partial charge in [0.05, 0.1) is 6.04 Å². The van der Waals surface area contributed by atoms with E-state index < -0.39 is 6.04 Å². The van der Waals surface area contributed by atoms with E-state index in [0.29, 0.717) is 17.7 Å². The molecule has 4 N–H and O–H groups in total. The number of benzene rings is 1. The Morgan fingerprint density at radius 3 is 2.33 bits per heavy atom. The maximum Gasteiger partial charge on any atom is 0.251 e. The lowest BCUT2D eigenvalue weighted by Gasteiger charge is -2.13. The second-order valence-electron chi connectivity index (χ2n) is 5.24. The summed E-state index contributed by atoms with van der Waals surface area (Å²) in [7, 11) is 0. The molecule has 0 bridgehead atoms. The molecule has 0 aliphatic carbocycles. The van der Waals surface area contributed by atoms with Crippen molar-refractivity contribution in [2.75, 3.05) is 5.32 Å². The number of carbonyl (C=O) groups excluding carboxylic acids is 2. The highest BCUT2D eigenvalue weighted by atomic mass is 16.2. The molecule has 1 aromatic carbocycles. The van der Waals surface area contributed by atoms with Gasteiger partial charge in [0.15, 0.2) is 0 Å². The number of nitrogens with one attached hydrogen (secondary N) is 2. The van der Waals surface area contributed by atoms with Gasteiger partial charge in [-0.15, -0.1) is 0 Å². The fraction of sp³-hybridized carbons (Fsp3) is 0.500. The van der Waals surface area contributed by atoms with Crippen molar-refractivity contribution in [1.29, 1.82) is 0 Å². The third-order valence-electron chi connectivity index (χ3n) is 3.29. The van der Waals surface area contributed by atoms with Crippen molar-refractivity contribution in [2.24, 2.45) is 5.73 Å². The quantitative estimate of drug-likeness (QED) is 0.720. The van der Waals surface area contributed by atoms with E-state index in [9.17, 15) is 9.59 Å². The molecule has 0 spiro atoms. The van der Waals surface area contributed by atoms with Gasteiger partial charge in [-0.05, 0) is 44.0 Å². The monoisotopic (exact) mass is 291 g/mol. The number of anilines is 1. The van der Waals surface area contributed by atoms with Gasteiger partial charge in [-0.1, -0.05) is 20.3 Å². The summed E-state index contributed by atoms with van der Waals surface area (Å²) in [5, 5.41) is 5.66. The first-order valence-electron chi connectivity index (χ1n) is 7.45. The topological polar surface area (TPSA) is 84.2 Å². The molecule has 1 aromatic rings. The van der Waals surface area contributed by atoms with E-state index in [2.05, 4.69) is 17.6 Å². The Bertz CT molecular complexity index is 471. The summed E-state index contributed by atoms with van der Waals surface area (Å²) < 4.78 is 0. The van der Waals surface area contributed by atoms with Crippen LogP contribution < -0.4 is 16.4 Å². The van der Waals surface area contributed by atoms with Crippen LogP contribution in [0, 0.1) is 0 Å². The molecule has 0 aromatic heterocycles. The second kappa shape index (κ2) is 8.42. The average Bonchev–Trinajstić information content (AvgIpc) is 2.47. The van der Waals surface area contributed by atoms with E-state index in [0.717, 1.165) is 12.8 Å². The smallest absolute Gasteiger partial charge is 0.251 e. The Labute approximate surface area is 126 Å².